The zero-order chi connectivity index (χ0) is 20.4. The van der Waals surface area contributed by atoms with Gasteiger partial charge < -0.3 is 15.2 Å². The van der Waals surface area contributed by atoms with Gasteiger partial charge in [-0.15, -0.1) is 0 Å². The Bertz CT molecular complexity index is 1230. The Morgan fingerprint density at radius 1 is 1.03 bits per heavy atom. The van der Waals surface area contributed by atoms with Crippen molar-refractivity contribution in [3.63, 3.8) is 0 Å². The standard InChI is InChI=1S/C22H16ClN3O3/c1-29-20-8-6-16(11-18(20)23)26-21-17-10-14(5-7-19(17)24-12-25-21)13-3-2-4-15(9-13)22(27)28/h2-12H,1H3,(H,27,28)(H,24,25,26). The molecule has 7 heteroatoms. The number of benzene rings is 3. The maximum absolute atomic E-state index is 11.3. The molecule has 144 valence electrons. The van der Waals surface area contributed by atoms with Crippen LogP contribution in [0.1, 0.15) is 10.4 Å². The molecule has 0 aliphatic heterocycles. The Labute approximate surface area is 171 Å². The normalized spacial score (nSPS) is 10.7. The Kier molecular flexibility index (Phi) is 5.01. The van der Waals surface area contributed by atoms with E-state index >= 15 is 0 Å². The van der Waals surface area contributed by atoms with Crippen LogP contribution in [0.5, 0.6) is 5.75 Å². The number of aromatic carboxylic acids is 1. The first-order chi connectivity index (χ1) is 14.0. The van der Waals surface area contributed by atoms with E-state index in [2.05, 4.69) is 15.3 Å². The molecule has 0 spiro atoms. The van der Waals surface area contributed by atoms with E-state index in [1.807, 2.05) is 30.3 Å². The highest BCUT2D eigenvalue weighted by molar-refractivity contribution is 6.32. The van der Waals surface area contributed by atoms with Crippen LogP contribution in [0.3, 0.4) is 0 Å². The molecule has 1 aromatic heterocycles. The number of carboxylic acid groups (broad SMARTS) is 1. The second kappa shape index (κ2) is 7.77. The van der Waals surface area contributed by atoms with Gasteiger partial charge in [-0.2, -0.15) is 0 Å². The molecule has 0 amide bonds. The van der Waals surface area contributed by atoms with Gasteiger partial charge in [0, 0.05) is 11.1 Å². The second-order valence-electron chi connectivity index (χ2n) is 6.31. The molecule has 0 aliphatic carbocycles. The van der Waals surface area contributed by atoms with E-state index in [0.29, 0.717) is 16.6 Å². The van der Waals surface area contributed by atoms with Crippen molar-refractivity contribution in [3.05, 3.63) is 77.6 Å². The SMILES string of the molecule is COc1ccc(Nc2ncnc3ccc(-c4cccc(C(=O)O)c4)cc23)cc1Cl. The summed E-state index contributed by atoms with van der Waals surface area (Å²) in [6.07, 6.45) is 1.49. The van der Waals surface area contributed by atoms with Gasteiger partial charge in [0.25, 0.3) is 0 Å². The van der Waals surface area contributed by atoms with Crippen molar-refractivity contribution in [2.75, 3.05) is 12.4 Å². The number of aromatic nitrogens is 2. The summed E-state index contributed by atoms with van der Waals surface area (Å²) in [5.74, 6) is 0.243. The first-order valence-electron chi connectivity index (χ1n) is 8.74. The van der Waals surface area contributed by atoms with Crippen LogP contribution in [-0.4, -0.2) is 28.2 Å². The summed E-state index contributed by atoms with van der Waals surface area (Å²) < 4.78 is 5.18. The summed E-state index contributed by atoms with van der Waals surface area (Å²) in [6, 6.07) is 17.9. The number of hydrogen-bond donors (Lipinski definition) is 2. The van der Waals surface area contributed by atoms with Gasteiger partial charge in [0.05, 0.1) is 23.2 Å². The van der Waals surface area contributed by atoms with Crippen molar-refractivity contribution < 1.29 is 14.6 Å². The molecule has 0 radical (unpaired) electrons. The van der Waals surface area contributed by atoms with Gasteiger partial charge in [-0.05, 0) is 53.6 Å². The van der Waals surface area contributed by atoms with Crippen molar-refractivity contribution >= 4 is 40.0 Å². The van der Waals surface area contributed by atoms with Gasteiger partial charge in [0.15, 0.2) is 0 Å². The maximum Gasteiger partial charge on any atom is 0.335 e. The molecule has 29 heavy (non-hydrogen) atoms. The smallest absolute Gasteiger partial charge is 0.335 e. The molecule has 0 fully saturated rings. The first kappa shape index (κ1) is 18.7. The number of ether oxygens (including phenoxy) is 1. The second-order valence-corrected chi connectivity index (χ2v) is 6.72. The molecule has 6 nitrogen and oxygen atoms in total. The number of fused-ring (bicyclic) bond motifs is 1. The number of carboxylic acids is 1. The molecular formula is C22H16ClN3O3. The monoisotopic (exact) mass is 405 g/mol. The minimum absolute atomic E-state index is 0.234. The highest BCUT2D eigenvalue weighted by atomic mass is 35.5. The first-order valence-corrected chi connectivity index (χ1v) is 9.12. The van der Waals surface area contributed by atoms with E-state index in [4.69, 9.17) is 16.3 Å². The van der Waals surface area contributed by atoms with Crippen LogP contribution < -0.4 is 10.1 Å². The van der Waals surface area contributed by atoms with Crippen molar-refractivity contribution in [2.24, 2.45) is 0 Å². The van der Waals surface area contributed by atoms with Gasteiger partial charge >= 0.3 is 5.97 Å². The van der Waals surface area contributed by atoms with E-state index < -0.39 is 5.97 Å². The predicted octanol–water partition coefficient (Wildman–Crippen LogP) is 5.40. The van der Waals surface area contributed by atoms with E-state index in [9.17, 15) is 9.90 Å². The van der Waals surface area contributed by atoms with Crippen LogP contribution in [0, 0.1) is 0 Å². The summed E-state index contributed by atoms with van der Waals surface area (Å²) in [7, 11) is 1.56. The fraction of sp³-hybridized carbons (Fsp3) is 0.0455. The largest absolute Gasteiger partial charge is 0.495 e. The Balaban J connectivity index is 1.76. The highest BCUT2D eigenvalue weighted by Crippen LogP contribution is 2.32. The average Bonchev–Trinajstić information content (AvgIpc) is 2.74. The lowest BCUT2D eigenvalue weighted by atomic mass is 10.0. The molecule has 0 bridgehead atoms. The molecule has 4 aromatic rings. The number of carbonyl (C=O) groups is 1. The molecule has 3 aromatic carbocycles. The predicted molar refractivity (Wildman–Crippen MR) is 113 cm³/mol. The summed E-state index contributed by atoms with van der Waals surface area (Å²) >= 11 is 6.21. The van der Waals surface area contributed by atoms with Crippen LogP contribution in [0.25, 0.3) is 22.0 Å². The van der Waals surface area contributed by atoms with Gasteiger partial charge in [0.1, 0.15) is 17.9 Å². The minimum Gasteiger partial charge on any atom is -0.495 e. The van der Waals surface area contributed by atoms with E-state index in [1.54, 1.807) is 37.4 Å². The Morgan fingerprint density at radius 2 is 1.86 bits per heavy atom. The molecule has 0 aliphatic rings. The number of methoxy groups -OCH3 is 1. The van der Waals surface area contributed by atoms with Crippen molar-refractivity contribution in [2.45, 2.75) is 0 Å². The van der Waals surface area contributed by atoms with Crippen LogP contribution in [0.15, 0.2) is 67.0 Å². The Hall–Kier alpha value is -3.64. The number of halogens is 1. The summed E-state index contributed by atoms with van der Waals surface area (Å²) in [6.45, 7) is 0. The van der Waals surface area contributed by atoms with Crippen molar-refractivity contribution in [3.8, 4) is 16.9 Å². The number of anilines is 2. The van der Waals surface area contributed by atoms with E-state index in [0.717, 1.165) is 27.7 Å². The molecule has 4 rings (SSSR count). The highest BCUT2D eigenvalue weighted by Gasteiger charge is 2.10. The van der Waals surface area contributed by atoms with Crippen LogP contribution >= 0.6 is 11.6 Å². The average molecular weight is 406 g/mol. The van der Waals surface area contributed by atoms with Gasteiger partial charge in [0.2, 0.25) is 0 Å². The lowest BCUT2D eigenvalue weighted by molar-refractivity contribution is 0.0697. The van der Waals surface area contributed by atoms with Gasteiger partial charge in [-0.1, -0.05) is 29.8 Å². The lowest BCUT2D eigenvalue weighted by Crippen LogP contribution is -1.97. The molecule has 1 heterocycles. The van der Waals surface area contributed by atoms with Gasteiger partial charge in [-0.3, -0.25) is 0 Å². The van der Waals surface area contributed by atoms with Crippen molar-refractivity contribution in [1.29, 1.82) is 0 Å². The molecule has 2 N–H and O–H groups in total. The molecular weight excluding hydrogens is 390 g/mol. The number of nitrogens with zero attached hydrogens (tertiary/aromatic N) is 2. The summed E-state index contributed by atoms with van der Waals surface area (Å²) in [5, 5.41) is 13.8. The molecule has 0 unspecified atom stereocenters. The molecule has 0 saturated heterocycles. The summed E-state index contributed by atoms with van der Waals surface area (Å²) in [4.78, 5) is 20.0. The zero-order valence-electron chi connectivity index (χ0n) is 15.4. The third kappa shape index (κ3) is 3.83. The number of nitrogens with one attached hydrogen (secondary N) is 1. The third-order valence-corrected chi connectivity index (χ3v) is 4.79. The van der Waals surface area contributed by atoms with E-state index in [-0.39, 0.29) is 5.56 Å². The fourth-order valence-electron chi connectivity index (χ4n) is 3.05. The number of hydrogen-bond acceptors (Lipinski definition) is 5. The van der Waals surface area contributed by atoms with Crippen molar-refractivity contribution in [1.82, 2.24) is 9.97 Å². The number of rotatable bonds is 5. The maximum atomic E-state index is 11.3. The quantitative estimate of drug-likeness (QED) is 0.462. The fourth-order valence-corrected chi connectivity index (χ4v) is 3.31. The minimum atomic E-state index is -0.963. The molecule has 0 saturated carbocycles. The van der Waals surface area contributed by atoms with Crippen LogP contribution in [0.4, 0.5) is 11.5 Å². The van der Waals surface area contributed by atoms with E-state index in [1.165, 1.54) is 6.33 Å². The zero-order valence-corrected chi connectivity index (χ0v) is 16.1. The molecule has 0 atom stereocenters. The summed E-state index contributed by atoms with van der Waals surface area (Å²) in [5.41, 5.74) is 3.42. The lowest BCUT2D eigenvalue weighted by Gasteiger charge is -2.11. The van der Waals surface area contributed by atoms with Crippen LogP contribution in [0.2, 0.25) is 5.02 Å². The Morgan fingerprint density at radius 3 is 2.62 bits per heavy atom. The van der Waals surface area contributed by atoms with Gasteiger partial charge in [-0.25, -0.2) is 14.8 Å². The topological polar surface area (TPSA) is 84.3 Å². The third-order valence-electron chi connectivity index (χ3n) is 4.49. The van der Waals surface area contributed by atoms with Crippen LogP contribution in [-0.2, 0) is 0 Å².